The van der Waals surface area contributed by atoms with Gasteiger partial charge in [0, 0.05) is 47.5 Å². The van der Waals surface area contributed by atoms with Gasteiger partial charge >= 0.3 is 0 Å². The van der Waals surface area contributed by atoms with Crippen LogP contribution < -0.4 is 10.6 Å². The molecule has 3 N–H and O–H groups in total. The minimum absolute atomic E-state index is 0.111. The van der Waals surface area contributed by atoms with E-state index in [2.05, 4.69) is 41.6 Å². The molecule has 0 radical (unpaired) electrons. The van der Waals surface area contributed by atoms with Crippen LogP contribution in [0.3, 0.4) is 0 Å². The molecule has 0 atom stereocenters. The van der Waals surface area contributed by atoms with Crippen LogP contribution in [0.1, 0.15) is 49.8 Å². The molecule has 5 heterocycles. The first-order chi connectivity index (χ1) is 15.8. The maximum atomic E-state index is 4.82. The number of hydrogen-bond acceptors (Lipinski definition) is 7. The van der Waals surface area contributed by atoms with Gasteiger partial charge in [0.05, 0.1) is 23.5 Å². The molecule has 0 unspecified atom stereocenters. The summed E-state index contributed by atoms with van der Waals surface area (Å²) in [5, 5.41) is 6.90. The van der Waals surface area contributed by atoms with Crippen molar-refractivity contribution in [2.45, 2.75) is 50.0 Å². The van der Waals surface area contributed by atoms with Crippen molar-refractivity contribution in [2.24, 2.45) is 4.99 Å². The average Bonchev–Trinajstić information content (AvgIpc) is 3.51. The third-order valence-electron chi connectivity index (χ3n) is 7.09. The van der Waals surface area contributed by atoms with Crippen molar-refractivity contribution < 1.29 is 0 Å². The Bertz CT molecular complexity index is 1120. The Balaban J connectivity index is 1.26. The fourth-order valence-electron chi connectivity index (χ4n) is 5.28. The van der Waals surface area contributed by atoms with Gasteiger partial charge in [0.1, 0.15) is 0 Å². The Morgan fingerprint density at radius 2 is 1.84 bits per heavy atom. The second kappa shape index (κ2) is 8.09. The molecule has 164 valence electrons. The van der Waals surface area contributed by atoms with E-state index in [9.17, 15) is 0 Å². The van der Waals surface area contributed by atoms with Gasteiger partial charge < -0.3 is 15.6 Å². The van der Waals surface area contributed by atoms with Gasteiger partial charge in [0.2, 0.25) is 5.95 Å². The van der Waals surface area contributed by atoms with Crippen LogP contribution >= 0.6 is 0 Å². The topological polar surface area (TPSA) is 104 Å². The summed E-state index contributed by atoms with van der Waals surface area (Å²) >= 11 is 0. The molecule has 8 heteroatoms. The number of aromatic nitrogens is 5. The molecule has 32 heavy (non-hydrogen) atoms. The number of nitrogens with zero attached hydrogens (tertiary/aromatic N) is 5. The number of H-pyrrole nitrogens is 1. The largest absolute Gasteiger partial charge is 0.356 e. The highest BCUT2D eigenvalue weighted by Crippen LogP contribution is 2.38. The fourth-order valence-corrected chi connectivity index (χ4v) is 5.28. The highest BCUT2D eigenvalue weighted by atomic mass is 15.1. The second-order valence-corrected chi connectivity index (χ2v) is 9.20. The summed E-state index contributed by atoms with van der Waals surface area (Å²) in [5.41, 5.74) is 5.28. The van der Waals surface area contributed by atoms with Gasteiger partial charge in [0.15, 0.2) is 5.82 Å². The third-order valence-corrected chi connectivity index (χ3v) is 7.09. The molecule has 6 rings (SSSR count). The lowest BCUT2D eigenvalue weighted by Gasteiger charge is -2.38. The molecular formula is C24H28N8. The zero-order chi connectivity index (χ0) is 21.4. The van der Waals surface area contributed by atoms with E-state index in [1.54, 1.807) is 18.6 Å². The molecule has 2 aliphatic heterocycles. The van der Waals surface area contributed by atoms with Crippen molar-refractivity contribution in [2.75, 3.05) is 25.0 Å². The number of aromatic amines is 1. The van der Waals surface area contributed by atoms with Crippen molar-refractivity contribution in [3.63, 3.8) is 0 Å². The molecule has 2 fully saturated rings. The maximum absolute atomic E-state index is 4.82. The van der Waals surface area contributed by atoms with Crippen molar-refractivity contribution >= 4 is 12.2 Å². The van der Waals surface area contributed by atoms with Crippen LogP contribution in [0.2, 0.25) is 0 Å². The quantitative estimate of drug-likeness (QED) is 0.589. The summed E-state index contributed by atoms with van der Waals surface area (Å²) in [7, 11) is 0. The Kier molecular flexibility index (Phi) is 4.94. The van der Waals surface area contributed by atoms with Crippen LogP contribution in [-0.2, 0) is 5.41 Å². The number of nitrogens with one attached hydrogen (secondary N) is 3. The van der Waals surface area contributed by atoms with E-state index in [1.807, 2.05) is 12.3 Å². The number of rotatable bonds is 4. The number of piperidine rings is 1. The SMILES string of the molecule is C1=NCC2(CCNCC2)c2[nH]c(-c3ccnc(-c4cnc(NC5CCCC5)nc4)n3)cc21. The zero-order valence-corrected chi connectivity index (χ0v) is 18.1. The van der Waals surface area contributed by atoms with Gasteiger partial charge in [-0.3, -0.25) is 4.99 Å². The molecule has 1 saturated carbocycles. The minimum atomic E-state index is 0.111. The lowest BCUT2D eigenvalue weighted by atomic mass is 9.74. The van der Waals surface area contributed by atoms with Gasteiger partial charge in [-0.1, -0.05) is 12.8 Å². The van der Waals surface area contributed by atoms with Gasteiger partial charge in [-0.2, -0.15) is 0 Å². The van der Waals surface area contributed by atoms with Gasteiger partial charge in [-0.25, -0.2) is 19.9 Å². The molecule has 1 saturated heterocycles. The highest BCUT2D eigenvalue weighted by Gasteiger charge is 2.38. The lowest BCUT2D eigenvalue weighted by Crippen LogP contribution is -2.44. The van der Waals surface area contributed by atoms with Crippen molar-refractivity contribution in [1.82, 2.24) is 30.2 Å². The summed E-state index contributed by atoms with van der Waals surface area (Å²) in [4.78, 5) is 26.7. The first-order valence-electron chi connectivity index (χ1n) is 11.7. The minimum Gasteiger partial charge on any atom is -0.356 e. The van der Waals surface area contributed by atoms with Crippen molar-refractivity contribution in [3.05, 3.63) is 42.0 Å². The smallest absolute Gasteiger partial charge is 0.222 e. The van der Waals surface area contributed by atoms with Crippen molar-refractivity contribution in [3.8, 4) is 22.8 Å². The summed E-state index contributed by atoms with van der Waals surface area (Å²) in [5.74, 6) is 1.31. The number of hydrogen-bond donors (Lipinski definition) is 3. The molecule has 0 bridgehead atoms. The van der Waals surface area contributed by atoms with E-state index in [0.29, 0.717) is 17.8 Å². The standard InChI is InChI=1S/C24H28N8/c1-2-4-18(3-1)30-23-28-13-17(14-29-23)22-27-8-5-19(32-22)20-11-16-12-26-15-24(21(16)31-20)6-9-25-10-7-24/h5,8,11-14,18,25,31H,1-4,6-7,9-10,15H2,(H,28,29,30). The number of anilines is 1. The van der Waals surface area contributed by atoms with Crippen LogP contribution in [0.25, 0.3) is 22.8 Å². The fraction of sp³-hybridized carbons (Fsp3) is 0.458. The van der Waals surface area contributed by atoms with Gasteiger partial charge in [-0.15, -0.1) is 0 Å². The third kappa shape index (κ3) is 3.58. The molecule has 1 aliphatic carbocycles. The average molecular weight is 429 g/mol. The normalized spacial score (nSPS) is 19.9. The molecule has 3 aromatic rings. The Morgan fingerprint density at radius 3 is 2.66 bits per heavy atom. The molecule has 3 aromatic heterocycles. The van der Waals surface area contributed by atoms with Crippen LogP contribution in [0.4, 0.5) is 5.95 Å². The highest BCUT2D eigenvalue weighted by molar-refractivity contribution is 5.86. The summed E-state index contributed by atoms with van der Waals surface area (Å²) < 4.78 is 0. The van der Waals surface area contributed by atoms with Crippen molar-refractivity contribution in [1.29, 1.82) is 0 Å². The van der Waals surface area contributed by atoms with Gasteiger partial charge in [0.25, 0.3) is 0 Å². The molecule has 1 spiro atoms. The summed E-state index contributed by atoms with van der Waals surface area (Å²) in [6.07, 6.45) is 14.6. The van der Waals surface area contributed by atoms with Gasteiger partial charge in [-0.05, 0) is 50.9 Å². The van der Waals surface area contributed by atoms with E-state index in [-0.39, 0.29) is 5.41 Å². The van der Waals surface area contributed by atoms with Crippen LogP contribution in [0, 0.1) is 0 Å². The lowest BCUT2D eigenvalue weighted by molar-refractivity contribution is 0.307. The first kappa shape index (κ1) is 19.5. The van der Waals surface area contributed by atoms with Crippen LogP contribution in [-0.4, -0.2) is 56.8 Å². The number of aliphatic imine (C=N–C) groups is 1. The molecule has 3 aliphatic rings. The van der Waals surface area contributed by atoms with E-state index in [0.717, 1.165) is 49.4 Å². The zero-order valence-electron chi connectivity index (χ0n) is 18.1. The summed E-state index contributed by atoms with van der Waals surface area (Å²) in [6, 6.07) is 4.61. The van der Waals surface area contributed by atoms with E-state index in [4.69, 9.17) is 4.98 Å². The maximum Gasteiger partial charge on any atom is 0.222 e. The second-order valence-electron chi connectivity index (χ2n) is 9.20. The Hall–Kier alpha value is -3.13. The van der Waals surface area contributed by atoms with Crippen LogP contribution in [0.15, 0.2) is 35.7 Å². The first-order valence-corrected chi connectivity index (χ1v) is 11.7. The molecule has 0 amide bonds. The van der Waals surface area contributed by atoms with E-state index in [1.165, 1.54) is 36.9 Å². The molecular weight excluding hydrogens is 400 g/mol. The predicted octanol–water partition coefficient (Wildman–Crippen LogP) is 3.34. The Labute approximate surface area is 187 Å². The van der Waals surface area contributed by atoms with E-state index < -0.39 is 0 Å². The summed E-state index contributed by atoms with van der Waals surface area (Å²) in [6.45, 7) is 2.92. The molecule has 8 nitrogen and oxygen atoms in total. The van der Waals surface area contributed by atoms with Crippen LogP contribution in [0.5, 0.6) is 0 Å². The van der Waals surface area contributed by atoms with E-state index >= 15 is 0 Å². The number of fused-ring (bicyclic) bond motifs is 2. The Morgan fingerprint density at radius 1 is 1.03 bits per heavy atom. The predicted molar refractivity (Wildman–Crippen MR) is 125 cm³/mol. The monoisotopic (exact) mass is 428 g/mol. The molecule has 0 aromatic carbocycles.